The Bertz CT molecular complexity index is 1500. The summed E-state index contributed by atoms with van der Waals surface area (Å²) in [6.45, 7) is 12.7. The molecule has 2 aromatic carbocycles. The molecular weight excluding hydrogens is 475 g/mol. The number of pyridine rings is 1. The Morgan fingerprint density at radius 3 is 2.55 bits per heavy atom. The summed E-state index contributed by atoms with van der Waals surface area (Å²) in [5, 5.41) is 15.3. The van der Waals surface area contributed by atoms with Crippen molar-refractivity contribution in [1.82, 2.24) is 30.8 Å². The van der Waals surface area contributed by atoms with Gasteiger partial charge in [0.15, 0.2) is 0 Å². The summed E-state index contributed by atoms with van der Waals surface area (Å²) >= 11 is 0. The number of rotatable bonds is 5. The maximum absolute atomic E-state index is 14.4. The molecule has 0 bridgehead atoms. The summed E-state index contributed by atoms with van der Waals surface area (Å²) < 4.78 is 14.4. The third-order valence-corrected chi connectivity index (χ3v) is 6.76. The molecule has 1 aliphatic heterocycles. The van der Waals surface area contributed by atoms with Crippen molar-refractivity contribution >= 4 is 21.9 Å². The minimum absolute atomic E-state index is 0.233. The molecule has 0 amide bonds. The third-order valence-electron chi connectivity index (χ3n) is 6.76. The van der Waals surface area contributed by atoms with Crippen molar-refractivity contribution in [3.8, 4) is 22.5 Å². The molecule has 1 aliphatic rings. The van der Waals surface area contributed by atoms with Gasteiger partial charge in [-0.2, -0.15) is 5.10 Å². The van der Waals surface area contributed by atoms with Crippen LogP contribution < -0.4 is 10.6 Å². The number of fused-ring (bicyclic) bond motifs is 2. The van der Waals surface area contributed by atoms with Gasteiger partial charge < -0.3 is 15.6 Å². The normalized spacial score (nSPS) is 13.6. The molecule has 5 aromatic rings. The molecule has 0 unspecified atom stereocenters. The van der Waals surface area contributed by atoms with E-state index in [4.69, 9.17) is 4.98 Å². The van der Waals surface area contributed by atoms with E-state index in [-0.39, 0.29) is 5.82 Å². The monoisotopic (exact) mass is 512 g/mol. The van der Waals surface area contributed by atoms with Crippen LogP contribution in [0.4, 0.5) is 4.39 Å². The Labute approximate surface area is 223 Å². The lowest BCUT2D eigenvalue weighted by molar-refractivity contribution is 0.454. The number of piperidine rings is 1. The first kappa shape index (κ1) is 27.2. The molecule has 6 rings (SSSR count). The van der Waals surface area contributed by atoms with Gasteiger partial charge in [0.2, 0.25) is 0 Å². The maximum atomic E-state index is 14.4. The van der Waals surface area contributed by atoms with Crippen molar-refractivity contribution in [2.24, 2.45) is 0 Å². The van der Waals surface area contributed by atoms with Crippen LogP contribution in [-0.4, -0.2) is 40.3 Å². The second-order valence-corrected chi connectivity index (χ2v) is 9.06. The number of hydrogen-bond acceptors (Lipinski definition) is 4. The van der Waals surface area contributed by atoms with Crippen LogP contribution >= 0.6 is 0 Å². The first-order valence-corrected chi connectivity index (χ1v) is 13.3. The molecule has 0 atom stereocenters. The minimum Gasteiger partial charge on any atom is -0.353 e. The Hall–Kier alpha value is -3.81. The van der Waals surface area contributed by atoms with E-state index in [1.807, 2.05) is 45.2 Å². The van der Waals surface area contributed by atoms with E-state index in [9.17, 15) is 4.39 Å². The zero-order valence-corrected chi connectivity index (χ0v) is 22.5. The number of benzene rings is 2. The van der Waals surface area contributed by atoms with Crippen LogP contribution in [0.5, 0.6) is 0 Å². The predicted molar refractivity (Wildman–Crippen MR) is 157 cm³/mol. The molecule has 1 saturated heterocycles. The number of H-pyrrole nitrogens is 2. The quantitative estimate of drug-likeness (QED) is 0.193. The summed E-state index contributed by atoms with van der Waals surface area (Å²) in [5.74, 6) is 0.242. The van der Waals surface area contributed by atoms with Crippen LogP contribution in [0.25, 0.3) is 44.5 Å². The predicted octanol–water partition coefficient (Wildman–Crippen LogP) is 6.93. The highest BCUT2D eigenvalue weighted by Gasteiger charge is 2.20. The van der Waals surface area contributed by atoms with Crippen LogP contribution in [-0.2, 0) is 6.54 Å². The van der Waals surface area contributed by atoms with Gasteiger partial charge in [-0.05, 0) is 92.1 Å². The topological polar surface area (TPSA) is 81.4 Å². The number of nitrogens with zero attached hydrogens (tertiary/aromatic N) is 2. The lowest BCUT2D eigenvalue weighted by Crippen LogP contribution is -2.27. The van der Waals surface area contributed by atoms with Crippen LogP contribution in [0, 0.1) is 5.82 Å². The third kappa shape index (κ3) is 5.54. The number of nitrogens with one attached hydrogen (secondary N) is 4. The zero-order valence-electron chi connectivity index (χ0n) is 22.5. The fraction of sp³-hybridized carbons (Fsp3) is 0.290. The van der Waals surface area contributed by atoms with Crippen molar-refractivity contribution in [2.75, 3.05) is 20.1 Å². The van der Waals surface area contributed by atoms with Crippen molar-refractivity contribution < 1.29 is 4.39 Å². The average Bonchev–Trinajstić information content (AvgIpc) is 3.59. The van der Waals surface area contributed by atoms with E-state index in [0.717, 1.165) is 81.6 Å². The van der Waals surface area contributed by atoms with Gasteiger partial charge in [0.05, 0.1) is 11.2 Å². The van der Waals surface area contributed by atoms with Crippen LogP contribution in [0.3, 0.4) is 0 Å². The van der Waals surface area contributed by atoms with Crippen molar-refractivity contribution in [2.45, 2.75) is 39.2 Å². The van der Waals surface area contributed by atoms with Gasteiger partial charge in [-0.25, -0.2) is 9.37 Å². The molecule has 3 aromatic heterocycles. The average molecular weight is 513 g/mol. The molecule has 198 valence electrons. The van der Waals surface area contributed by atoms with Crippen molar-refractivity contribution in [1.29, 1.82) is 0 Å². The minimum atomic E-state index is -0.233. The Morgan fingerprint density at radius 2 is 1.79 bits per heavy atom. The van der Waals surface area contributed by atoms with Gasteiger partial charge in [-0.15, -0.1) is 13.2 Å². The molecule has 6 nitrogen and oxygen atoms in total. The molecule has 1 fully saturated rings. The van der Waals surface area contributed by atoms with Crippen LogP contribution in [0.2, 0.25) is 0 Å². The Morgan fingerprint density at radius 1 is 1.00 bits per heavy atom. The molecule has 7 heteroatoms. The van der Waals surface area contributed by atoms with Gasteiger partial charge in [0.1, 0.15) is 17.0 Å². The van der Waals surface area contributed by atoms with E-state index in [1.54, 1.807) is 12.1 Å². The van der Waals surface area contributed by atoms with Gasteiger partial charge in [-0.1, -0.05) is 26.0 Å². The highest BCUT2D eigenvalue weighted by molar-refractivity contribution is 6.00. The second-order valence-electron chi connectivity index (χ2n) is 9.06. The smallest absolute Gasteiger partial charge is 0.135 e. The maximum Gasteiger partial charge on any atom is 0.135 e. The second kappa shape index (κ2) is 12.6. The summed E-state index contributed by atoms with van der Waals surface area (Å²) in [4.78, 5) is 8.55. The van der Waals surface area contributed by atoms with E-state index in [0.29, 0.717) is 12.5 Å². The molecule has 0 saturated carbocycles. The molecule has 4 heterocycles. The molecule has 0 spiro atoms. The highest BCUT2D eigenvalue weighted by Crippen LogP contribution is 2.35. The van der Waals surface area contributed by atoms with E-state index < -0.39 is 0 Å². The van der Waals surface area contributed by atoms with Gasteiger partial charge in [0, 0.05) is 29.1 Å². The van der Waals surface area contributed by atoms with Crippen LogP contribution in [0.15, 0.2) is 67.8 Å². The molecule has 38 heavy (non-hydrogen) atoms. The zero-order chi connectivity index (χ0) is 27.1. The summed E-state index contributed by atoms with van der Waals surface area (Å²) in [7, 11) is 1.86. The molecular formula is C31H37FN6. The fourth-order valence-corrected chi connectivity index (χ4v) is 5.09. The van der Waals surface area contributed by atoms with Gasteiger partial charge >= 0.3 is 0 Å². The van der Waals surface area contributed by atoms with E-state index >= 15 is 0 Å². The first-order chi connectivity index (χ1) is 18.7. The van der Waals surface area contributed by atoms with E-state index in [1.165, 1.54) is 0 Å². The lowest BCUT2D eigenvalue weighted by atomic mass is 9.94. The highest BCUT2D eigenvalue weighted by atomic mass is 19.1. The number of aromatic nitrogens is 4. The summed E-state index contributed by atoms with van der Waals surface area (Å²) in [5.41, 5.74) is 8.39. The number of hydrogen-bond donors (Lipinski definition) is 4. The molecule has 0 radical (unpaired) electrons. The first-order valence-electron chi connectivity index (χ1n) is 13.3. The van der Waals surface area contributed by atoms with Gasteiger partial charge in [0.25, 0.3) is 0 Å². The standard InChI is InChI=1S/C27H27FN6.C2H6.C2H4/c1-29-15-16-11-18(13-19(28)12-16)20-3-2-4-23-21(20)14-25(31-23)27-26-24(33-34-27)6-5-22(32-26)17-7-9-30-10-8-17;2*1-2/h2-6,11-14,17,29-31H,7-10,15H2,1H3,(H,33,34);1-2H3;1-2H2. The Kier molecular flexibility index (Phi) is 9.05. The molecule has 0 aliphatic carbocycles. The Balaban J connectivity index is 0.000000804. The largest absolute Gasteiger partial charge is 0.353 e. The number of halogens is 1. The summed E-state index contributed by atoms with van der Waals surface area (Å²) in [6.07, 6.45) is 2.20. The van der Waals surface area contributed by atoms with Crippen LogP contribution in [0.1, 0.15) is 43.9 Å². The SMILES string of the molecule is C=C.CC.CNCc1cc(F)cc(-c2cccc3[nH]c(-c4n[nH]c5ccc(C6CCNCC6)nc45)cc23)c1. The van der Waals surface area contributed by atoms with Gasteiger partial charge in [-0.3, -0.25) is 5.10 Å². The fourth-order valence-electron chi connectivity index (χ4n) is 5.09. The number of aromatic amines is 2. The molecule has 4 N–H and O–H groups in total. The lowest BCUT2D eigenvalue weighted by Gasteiger charge is -2.22. The van der Waals surface area contributed by atoms with E-state index in [2.05, 4.69) is 57.2 Å². The van der Waals surface area contributed by atoms with Crippen molar-refractivity contribution in [3.05, 3.63) is 84.8 Å². The summed E-state index contributed by atoms with van der Waals surface area (Å²) in [6, 6.07) is 17.6. The van der Waals surface area contributed by atoms with Crippen molar-refractivity contribution in [3.63, 3.8) is 0 Å².